The van der Waals surface area contributed by atoms with Gasteiger partial charge in [-0.1, -0.05) is 6.07 Å². The number of halogens is 1. The van der Waals surface area contributed by atoms with Crippen LogP contribution in [0.15, 0.2) is 18.2 Å². The number of nitrogens with one attached hydrogen (secondary N) is 1. The summed E-state index contributed by atoms with van der Waals surface area (Å²) in [5.41, 5.74) is 1.84. The minimum Gasteiger partial charge on any atom is -0.383 e. The van der Waals surface area contributed by atoms with Gasteiger partial charge in [0.05, 0.1) is 0 Å². The molecule has 1 unspecified atom stereocenters. The zero-order valence-electron chi connectivity index (χ0n) is 6.75. The van der Waals surface area contributed by atoms with Crippen molar-refractivity contribution in [3.63, 3.8) is 0 Å². The third-order valence-electron chi connectivity index (χ3n) is 2.08. The van der Waals surface area contributed by atoms with Crippen molar-refractivity contribution in [2.75, 3.05) is 5.32 Å². The lowest BCUT2D eigenvalue weighted by atomic mass is 10.0. The Kier molecular flexibility index (Phi) is 2.25. The van der Waals surface area contributed by atoms with Gasteiger partial charge in [-0.25, -0.2) is 0 Å². The lowest BCUT2D eigenvalue weighted by Gasteiger charge is -2.21. The average molecular weight is 289 g/mol. The SMILES string of the molecule is O=C1Nc2cccc(I)c2CC1O. The van der Waals surface area contributed by atoms with Gasteiger partial charge < -0.3 is 10.4 Å². The van der Waals surface area contributed by atoms with E-state index in [1.807, 2.05) is 18.2 Å². The van der Waals surface area contributed by atoms with Crippen LogP contribution in [0, 0.1) is 3.57 Å². The summed E-state index contributed by atoms with van der Waals surface area (Å²) >= 11 is 2.20. The summed E-state index contributed by atoms with van der Waals surface area (Å²) in [4.78, 5) is 11.1. The number of anilines is 1. The van der Waals surface area contributed by atoms with Gasteiger partial charge in [-0.2, -0.15) is 0 Å². The Hall–Kier alpha value is -0.620. The van der Waals surface area contributed by atoms with E-state index in [0.717, 1.165) is 14.8 Å². The molecule has 4 heteroatoms. The number of amides is 1. The molecule has 0 saturated heterocycles. The number of aliphatic hydroxyl groups excluding tert-OH is 1. The van der Waals surface area contributed by atoms with Crippen LogP contribution in [0.1, 0.15) is 5.56 Å². The predicted octanol–water partition coefficient (Wildman–Crippen LogP) is 1.15. The van der Waals surface area contributed by atoms with Crippen molar-refractivity contribution in [2.24, 2.45) is 0 Å². The van der Waals surface area contributed by atoms with E-state index in [-0.39, 0.29) is 5.91 Å². The molecule has 2 N–H and O–H groups in total. The molecule has 0 spiro atoms. The summed E-state index contributed by atoms with van der Waals surface area (Å²) in [7, 11) is 0. The number of carbonyl (C=O) groups is 1. The molecule has 0 aromatic heterocycles. The standard InChI is InChI=1S/C9H8INO2/c10-6-2-1-3-7-5(6)4-8(12)9(13)11-7/h1-3,8,12H,4H2,(H,11,13). The smallest absolute Gasteiger partial charge is 0.253 e. The first-order valence-electron chi connectivity index (χ1n) is 3.95. The highest BCUT2D eigenvalue weighted by molar-refractivity contribution is 14.1. The predicted molar refractivity (Wildman–Crippen MR) is 57.5 cm³/mol. The third kappa shape index (κ3) is 1.55. The normalized spacial score (nSPS) is 20.8. The first-order chi connectivity index (χ1) is 6.18. The van der Waals surface area contributed by atoms with Gasteiger partial charge in [-0.05, 0) is 40.3 Å². The summed E-state index contributed by atoms with van der Waals surface area (Å²) < 4.78 is 1.08. The zero-order valence-corrected chi connectivity index (χ0v) is 8.91. The van der Waals surface area contributed by atoms with E-state index in [9.17, 15) is 9.90 Å². The van der Waals surface area contributed by atoms with E-state index < -0.39 is 6.10 Å². The van der Waals surface area contributed by atoms with E-state index in [0.29, 0.717) is 6.42 Å². The molecule has 1 aromatic carbocycles. The molecule has 1 aromatic rings. The quantitative estimate of drug-likeness (QED) is 0.704. The van der Waals surface area contributed by atoms with Crippen molar-refractivity contribution in [3.05, 3.63) is 27.3 Å². The highest BCUT2D eigenvalue weighted by Gasteiger charge is 2.24. The lowest BCUT2D eigenvalue weighted by Crippen LogP contribution is -2.34. The Balaban J connectivity index is 2.48. The molecule has 13 heavy (non-hydrogen) atoms. The van der Waals surface area contributed by atoms with Crippen molar-refractivity contribution in [3.8, 4) is 0 Å². The minimum atomic E-state index is -0.900. The summed E-state index contributed by atoms with van der Waals surface area (Å²) in [6, 6.07) is 5.70. The molecule has 0 bridgehead atoms. The molecule has 0 saturated carbocycles. The molecule has 3 nitrogen and oxygen atoms in total. The fourth-order valence-corrected chi connectivity index (χ4v) is 2.10. The average Bonchev–Trinajstić information content (AvgIpc) is 2.09. The van der Waals surface area contributed by atoms with Crippen molar-refractivity contribution in [1.82, 2.24) is 0 Å². The molecule has 1 heterocycles. The van der Waals surface area contributed by atoms with Crippen LogP contribution in [0.2, 0.25) is 0 Å². The monoisotopic (exact) mass is 289 g/mol. The van der Waals surface area contributed by atoms with Gasteiger partial charge >= 0.3 is 0 Å². The Morgan fingerprint density at radius 1 is 1.54 bits per heavy atom. The van der Waals surface area contributed by atoms with Crippen LogP contribution in [0.25, 0.3) is 0 Å². The van der Waals surface area contributed by atoms with Crippen LogP contribution in [0.5, 0.6) is 0 Å². The number of aliphatic hydroxyl groups is 1. The highest BCUT2D eigenvalue weighted by atomic mass is 127. The number of benzene rings is 1. The molecule has 0 radical (unpaired) electrons. The van der Waals surface area contributed by atoms with E-state index in [2.05, 4.69) is 27.9 Å². The molecule has 1 amide bonds. The number of hydrogen-bond donors (Lipinski definition) is 2. The Morgan fingerprint density at radius 3 is 3.08 bits per heavy atom. The fraction of sp³-hybridized carbons (Fsp3) is 0.222. The molecule has 0 aliphatic carbocycles. The molecule has 1 aliphatic heterocycles. The highest BCUT2D eigenvalue weighted by Crippen LogP contribution is 2.26. The maximum absolute atomic E-state index is 11.1. The van der Waals surface area contributed by atoms with Crippen molar-refractivity contribution in [1.29, 1.82) is 0 Å². The first-order valence-corrected chi connectivity index (χ1v) is 5.02. The summed E-state index contributed by atoms with van der Waals surface area (Å²) in [6.07, 6.45) is -0.483. The molecule has 1 atom stereocenters. The molecular weight excluding hydrogens is 281 g/mol. The van der Waals surface area contributed by atoms with Crippen LogP contribution in [0.3, 0.4) is 0 Å². The first kappa shape index (κ1) is 8.96. The fourth-order valence-electron chi connectivity index (χ4n) is 1.39. The van der Waals surface area contributed by atoms with Crippen LogP contribution in [0.4, 0.5) is 5.69 Å². The van der Waals surface area contributed by atoms with Crippen molar-refractivity contribution in [2.45, 2.75) is 12.5 Å². The minimum absolute atomic E-state index is 0.311. The topological polar surface area (TPSA) is 49.3 Å². The van der Waals surface area contributed by atoms with Gasteiger partial charge in [0.25, 0.3) is 5.91 Å². The lowest BCUT2D eigenvalue weighted by molar-refractivity contribution is -0.124. The van der Waals surface area contributed by atoms with Crippen molar-refractivity contribution < 1.29 is 9.90 Å². The van der Waals surface area contributed by atoms with Gasteiger partial charge in [0.1, 0.15) is 6.10 Å². The van der Waals surface area contributed by atoms with Gasteiger partial charge in [-0.3, -0.25) is 4.79 Å². The van der Waals surface area contributed by atoms with E-state index in [4.69, 9.17) is 0 Å². The van der Waals surface area contributed by atoms with Gasteiger partial charge in [0, 0.05) is 15.7 Å². The van der Waals surface area contributed by atoms with Crippen LogP contribution < -0.4 is 5.32 Å². The Labute approximate surface area is 89.3 Å². The number of fused-ring (bicyclic) bond motifs is 1. The molecule has 0 fully saturated rings. The van der Waals surface area contributed by atoms with Crippen LogP contribution >= 0.6 is 22.6 Å². The number of hydrogen-bond acceptors (Lipinski definition) is 2. The largest absolute Gasteiger partial charge is 0.383 e. The summed E-state index contributed by atoms with van der Waals surface area (Å²) in [6.45, 7) is 0. The molecule has 1 aliphatic rings. The van der Waals surface area contributed by atoms with E-state index in [1.165, 1.54) is 0 Å². The van der Waals surface area contributed by atoms with Gasteiger partial charge in [0.2, 0.25) is 0 Å². The van der Waals surface area contributed by atoms with E-state index >= 15 is 0 Å². The second kappa shape index (κ2) is 3.26. The van der Waals surface area contributed by atoms with E-state index in [1.54, 1.807) is 0 Å². The second-order valence-corrected chi connectivity index (χ2v) is 4.14. The maximum atomic E-state index is 11.1. The Morgan fingerprint density at radius 2 is 2.31 bits per heavy atom. The van der Waals surface area contributed by atoms with Gasteiger partial charge in [0.15, 0.2) is 0 Å². The van der Waals surface area contributed by atoms with Crippen LogP contribution in [-0.4, -0.2) is 17.1 Å². The summed E-state index contributed by atoms with van der Waals surface area (Å²) in [5.74, 6) is -0.311. The van der Waals surface area contributed by atoms with Crippen LogP contribution in [-0.2, 0) is 11.2 Å². The van der Waals surface area contributed by atoms with Gasteiger partial charge in [-0.15, -0.1) is 0 Å². The van der Waals surface area contributed by atoms with Crippen molar-refractivity contribution >= 4 is 34.2 Å². The molecule has 68 valence electrons. The maximum Gasteiger partial charge on any atom is 0.253 e. The molecular formula is C9H8INO2. The number of carbonyl (C=O) groups excluding carboxylic acids is 1. The molecule has 2 rings (SSSR count). The zero-order chi connectivity index (χ0) is 9.42. The second-order valence-electron chi connectivity index (χ2n) is 2.98. The number of rotatable bonds is 0. The Bertz CT molecular complexity index is 365. The third-order valence-corrected chi connectivity index (χ3v) is 3.09. The summed E-state index contributed by atoms with van der Waals surface area (Å²) in [5, 5.41) is 12.0.